The van der Waals surface area contributed by atoms with Crippen LogP contribution in [0.1, 0.15) is 23.7 Å². The van der Waals surface area contributed by atoms with Gasteiger partial charge in [-0.2, -0.15) is 13.2 Å². The van der Waals surface area contributed by atoms with Crippen molar-refractivity contribution in [1.29, 1.82) is 0 Å². The van der Waals surface area contributed by atoms with Crippen molar-refractivity contribution >= 4 is 5.52 Å². The first-order chi connectivity index (χ1) is 8.97. The highest BCUT2D eigenvalue weighted by molar-refractivity contribution is 5.51. The zero-order chi connectivity index (χ0) is 13.6. The normalized spacial score (nSPS) is 20.3. The van der Waals surface area contributed by atoms with Crippen LogP contribution in [0.2, 0.25) is 0 Å². The Morgan fingerprint density at radius 2 is 2.21 bits per heavy atom. The molecule has 1 atom stereocenters. The number of nitrogens with one attached hydrogen (secondary N) is 2. The molecule has 1 aliphatic heterocycles. The predicted octanol–water partition coefficient (Wildman–Crippen LogP) is 1.12. The Morgan fingerprint density at radius 1 is 1.42 bits per heavy atom. The SMILES string of the molecule is O=c1[nH]c(C2CCNC2)cn2cnc(C(F)(F)F)c12. The number of H-pyrrole nitrogens is 1. The van der Waals surface area contributed by atoms with E-state index >= 15 is 0 Å². The van der Waals surface area contributed by atoms with E-state index in [0.717, 1.165) is 23.7 Å². The van der Waals surface area contributed by atoms with Gasteiger partial charge in [0.05, 0.1) is 0 Å². The molecule has 3 heterocycles. The molecule has 2 aromatic rings. The molecular formula is C11H11F3N4O. The summed E-state index contributed by atoms with van der Waals surface area (Å²) in [5.41, 5.74) is -1.73. The first-order valence-corrected chi connectivity index (χ1v) is 5.84. The third-order valence-electron chi connectivity index (χ3n) is 3.31. The smallest absolute Gasteiger partial charge is 0.323 e. The first-order valence-electron chi connectivity index (χ1n) is 5.84. The zero-order valence-corrected chi connectivity index (χ0v) is 9.79. The minimum atomic E-state index is -4.63. The Kier molecular flexibility index (Phi) is 2.63. The van der Waals surface area contributed by atoms with Gasteiger partial charge in [0.2, 0.25) is 0 Å². The minimum absolute atomic E-state index is 0.119. The zero-order valence-electron chi connectivity index (χ0n) is 9.79. The molecular weight excluding hydrogens is 261 g/mol. The van der Waals surface area contributed by atoms with E-state index in [-0.39, 0.29) is 5.92 Å². The summed E-state index contributed by atoms with van der Waals surface area (Å²) < 4.78 is 39.2. The fourth-order valence-electron chi connectivity index (χ4n) is 2.39. The van der Waals surface area contributed by atoms with Crippen molar-refractivity contribution in [1.82, 2.24) is 19.7 Å². The van der Waals surface area contributed by atoms with Gasteiger partial charge in [-0.15, -0.1) is 0 Å². The van der Waals surface area contributed by atoms with Gasteiger partial charge in [0.1, 0.15) is 11.8 Å². The van der Waals surface area contributed by atoms with E-state index in [1.54, 1.807) is 0 Å². The van der Waals surface area contributed by atoms with E-state index in [9.17, 15) is 18.0 Å². The summed E-state index contributed by atoms with van der Waals surface area (Å²) >= 11 is 0. The van der Waals surface area contributed by atoms with Gasteiger partial charge < -0.3 is 10.3 Å². The van der Waals surface area contributed by atoms with Crippen LogP contribution in [0.3, 0.4) is 0 Å². The van der Waals surface area contributed by atoms with Crippen LogP contribution in [0.25, 0.3) is 5.52 Å². The minimum Gasteiger partial charge on any atom is -0.323 e. The van der Waals surface area contributed by atoms with Crippen molar-refractivity contribution < 1.29 is 13.2 Å². The molecule has 102 valence electrons. The fraction of sp³-hybridized carbons (Fsp3) is 0.455. The average molecular weight is 272 g/mol. The molecule has 0 aliphatic carbocycles. The molecule has 0 saturated carbocycles. The monoisotopic (exact) mass is 272 g/mol. The lowest BCUT2D eigenvalue weighted by Gasteiger charge is -2.09. The highest BCUT2D eigenvalue weighted by atomic mass is 19.4. The maximum atomic E-state index is 12.7. The van der Waals surface area contributed by atoms with Gasteiger partial charge in [-0.05, 0) is 13.0 Å². The van der Waals surface area contributed by atoms with E-state index in [1.165, 1.54) is 6.20 Å². The topological polar surface area (TPSA) is 62.2 Å². The summed E-state index contributed by atoms with van der Waals surface area (Å²) in [5, 5.41) is 3.14. The molecule has 19 heavy (non-hydrogen) atoms. The Hall–Kier alpha value is -1.83. The van der Waals surface area contributed by atoms with Crippen LogP contribution in [0.4, 0.5) is 13.2 Å². The van der Waals surface area contributed by atoms with Gasteiger partial charge in [0.25, 0.3) is 5.56 Å². The lowest BCUT2D eigenvalue weighted by atomic mass is 10.1. The van der Waals surface area contributed by atoms with E-state index in [4.69, 9.17) is 0 Å². The third kappa shape index (κ3) is 2.01. The lowest BCUT2D eigenvalue weighted by Crippen LogP contribution is -2.19. The van der Waals surface area contributed by atoms with Gasteiger partial charge >= 0.3 is 6.18 Å². The summed E-state index contributed by atoms with van der Waals surface area (Å²) in [4.78, 5) is 17.7. The van der Waals surface area contributed by atoms with Crippen molar-refractivity contribution in [2.75, 3.05) is 13.1 Å². The summed E-state index contributed by atoms with van der Waals surface area (Å²) in [7, 11) is 0. The fourth-order valence-corrected chi connectivity index (χ4v) is 2.39. The van der Waals surface area contributed by atoms with Crippen LogP contribution in [0.15, 0.2) is 17.3 Å². The molecule has 0 bridgehead atoms. The Bertz CT molecular complexity index is 667. The maximum absolute atomic E-state index is 12.7. The number of hydrogen-bond donors (Lipinski definition) is 2. The second kappa shape index (κ2) is 4.09. The molecule has 1 unspecified atom stereocenters. The number of hydrogen-bond acceptors (Lipinski definition) is 3. The summed E-state index contributed by atoms with van der Waals surface area (Å²) in [5.74, 6) is 0.119. The largest absolute Gasteiger partial charge is 0.435 e. The molecule has 5 nitrogen and oxygen atoms in total. The molecule has 0 spiro atoms. The Morgan fingerprint density at radius 3 is 2.84 bits per heavy atom. The number of nitrogens with zero attached hydrogens (tertiary/aromatic N) is 2. The van der Waals surface area contributed by atoms with Crippen LogP contribution in [0.5, 0.6) is 0 Å². The number of aromatic amines is 1. The number of fused-ring (bicyclic) bond motifs is 1. The number of rotatable bonds is 1. The van der Waals surface area contributed by atoms with Gasteiger partial charge in [-0.1, -0.05) is 0 Å². The van der Waals surface area contributed by atoms with Crippen molar-refractivity contribution in [3.05, 3.63) is 34.3 Å². The van der Waals surface area contributed by atoms with E-state index in [2.05, 4.69) is 15.3 Å². The van der Waals surface area contributed by atoms with Crippen molar-refractivity contribution in [2.45, 2.75) is 18.5 Å². The highest BCUT2D eigenvalue weighted by Gasteiger charge is 2.37. The number of alkyl halides is 3. The molecule has 1 fully saturated rings. The highest BCUT2D eigenvalue weighted by Crippen LogP contribution is 2.30. The van der Waals surface area contributed by atoms with Crippen LogP contribution in [0, 0.1) is 0 Å². The van der Waals surface area contributed by atoms with Gasteiger partial charge in [0.15, 0.2) is 5.69 Å². The number of halogens is 3. The van der Waals surface area contributed by atoms with Crippen LogP contribution in [-0.4, -0.2) is 27.5 Å². The summed E-state index contributed by atoms with van der Waals surface area (Å²) in [6.07, 6.45) is -1.24. The molecule has 8 heteroatoms. The van der Waals surface area contributed by atoms with Crippen molar-refractivity contribution in [3.63, 3.8) is 0 Å². The van der Waals surface area contributed by atoms with Gasteiger partial charge in [-0.3, -0.25) is 9.20 Å². The molecule has 0 amide bonds. The lowest BCUT2D eigenvalue weighted by molar-refractivity contribution is -0.139. The van der Waals surface area contributed by atoms with E-state index in [0.29, 0.717) is 12.2 Å². The second-order valence-corrected chi connectivity index (χ2v) is 4.58. The third-order valence-corrected chi connectivity index (χ3v) is 3.31. The quantitative estimate of drug-likeness (QED) is 0.817. The summed E-state index contributed by atoms with van der Waals surface area (Å²) in [6.45, 7) is 1.55. The molecule has 2 N–H and O–H groups in total. The van der Waals surface area contributed by atoms with Crippen molar-refractivity contribution in [3.8, 4) is 0 Å². The maximum Gasteiger partial charge on any atom is 0.435 e. The number of aromatic nitrogens is 3. The second-order valence-electron chi connectivity index (χ2n) is 4.58. The molecule has 1 saturated heterocycles. The Labute approximate surface area is 105 Å². The molecule has 1 aliphatic rings. The average Bonchev–Trinajstić information content (AvgIpc) is 2.96. The first kappa shape index (κ1) is 12.2. The van der Waals surface area contributed by atoms with Crippen molar-refractivity contribution in [2.24, 2.45) is 0 Å². The van der Waals surface area contributed by atoms with E-state index in [1.807, 2.05) is 0 Å². The predicted molar refractivity (Wildman–Crippen MR) is 61.0 cm³/mol. The van der Waals surface area contributed by atoms with Gasteiger partial charge in [-0.25, -0.2) is 4.98 Å². The van der Waals surface area contributed by atoms with Crippen LogP contribution >= 0.6 is 0 Å². The molecule has 0 aromatic carbocycles. The number of imidazole rings is 1. The summed E-state index contributed by atoms with van der Waals surface area (Å²) in [6, 6.07) is 0. The Balaban J connectivity index is 2.16. The molecule has 2 aromatic heterocycles. The van der Waals surface area contributed by atoms with Crippen LogP contribution < -0.4 is 10.9 Å². The standard InChI is InChI=1S/C11H11F3N4O/c12-11(13,14)9-8-10(19)17-7(4-18(8)5-16-9)6-1-2-15-3-6/h4-6,15H,1-3H2,(H,17,19). The molecule has 0 radical (unpaired) electrons. The molecule has 3 rings (SSSR count). The van der Waals surface area contributed by atoms with Crippen LogP contribution in [-0.2, 0) is 6.18 Å². The van der Waals surface area contributed by atoms with Gasteiger partial charge in [0, 0.05) is 24.4 Å². The van der Waals surface area contributed by atoms with E-state index < -0.39 is 22.9 Å².